The molecule has 0 aromatic rings. The van der Waals surface area contributed by atoms with Gasteiger partial charge in [-0.15, -0.1) is 0 Å². The zero-order valence-corrected chi connectivity index (χ0v) is 8.25. The molecule has 0 unspecified atom stereocenters. The Morgan fingerprint density at radius 1 is 1.62 bits per heavy atom. The van der Waals surface area contributed by atoms with Gasteiger partial charge in [0.15, 0.2) is 0 Å². The molecule has 0 aromatic heterocycles. The van der Waals surface area contributed by atoms with Crippen molar-refractivity contribution in [1.29, 1.82) is 0 Å². The van der Waals surface area contributed by atoms with E-state index in [1.807, 2.05) is 20.0 Å². The Morgan fingerprint density at radius 2 is 2.31 bits per heavy atom. The predicted octanol–water partition coefficient (Wildman–Crippen LogP) is 1.56. The van der Waals surface area contributed by atoms with Crippen LogP contribution in [0.5, 0.6) is 0 Å². The molecule has 0 spiro atoms. The molecule has 0 atom stereocenters. The molecular formula is C10H17N3. The highest BCUT2D eigenvalue weighted by molar-refractivity contribution is 5.92. The largest absolute Gasteiger partial charge is 0.394 e. The summed E-state index contributed by atoms with van der Waals surface area (Å²) in [6, 6.07) is 0. The first-order chi connectivity index (χ1) is 6.24. The van der Waals surface area contributed by atoms with Crippen LogP contribution in [0.1, 0.15) is 13.3 Å². The molecule has 0 aliphatic carbocycles. The highest BCUT2D eigenvalue weighted by Gasteiger charge is 1.89. The van der Waals surface area contributed by atoms with E-state index in [0.717, 1.165) is 12.1 Å². The normalized spacial score (nSPS) is 13.4. The minimum Gasteiger partial charge on any atom is -0.394 e. The summed E-state index contributed by atoms with van der Waals surface area (Å²) in [5.74, 6) is 0.490. The Labute approximate surface area is 79.7 Å². The van der Waals surface area contributed by atoms with Gasteiger partial charge in [-0.2, -0.15) is 0 Å². The third-order valence-electron chi connectivity index (χ3n) is 1.37. The van der Waals surface area contributed by atoms with Crippen LogP contribution < -0.4 is 11.1 Å². The maximum atomic E-state index is 5.61. The molecule has 0 aliphatic heterocycles. The van der Waals surface area contributed by atoms with E-state index in [-0.39, 0.29) is 0 Å². The molecule has 0 radical (unpaired) electrons. The van der Waals surface area contributed by atoms with Crippen LogP contribution in [0.2, 0.25) is 0 Å². The van der Waals surface area contributed by atoms with Gasteiger partial charge in [0.25, 0.3) is 0 Å². The van der Waals surface area contributed by atoms with Crippen LogP contribution in [0, 0.1) is 0 Å². The Balaban J connectivity index is 4.41. The molecule has 0 saturated heterocycles. The summed E-state index contributed by atoms with van der Waals surface area (Å²) in [5.41, 5.74) is 6.54. The lowest BCUT2D eigenvalue weighted by molar-refractivity contribution is 1.06. The molecular weight excluding hydrogens is 162 g/mol. The summed E-state index contributed by atoms with van der Waals surface area (Å²) in [4.78, 5) is 4.18. The zero-order valence-electron chi connectivity index (χ0n) is 8.25. The first-order valence-corrected chi connectivity index (χ1v) is 4.24. The van der Waals surface area contributed by atoms with E-state index >= 15 is 0 Å². The van der Waals surface area contributed by atoms with Crippen LogP contribution >= 0.6 is 0 Å². The summed E-state index contributed by atoms with van der Waals surface area (Å²) < 4.78 is 0. The first kappa shape index (κ1) is 11.5. The molecule has 72 valence electrons. The Bertz CT molecular complexity index is 237. The van der Waals surface area contributed by atoms with Gasteiger partial charge in [0.1, 0.15) is 5.84 Å². The molecule has 13 heavy (non-hydrogen) atoms. The molecule has 3 nitrogen and oxygen atoms in total. The van der Waals surface area contributed by atoms with Crippen LogP contribution in [0.15, 0.2) is 41.7 Å². The van der Waals surface area contributed by atoms with E-state index in [2.05, 4.69) is 16.9 Å². The summed E-state index contributed by atoms with van der Waals surface area (Å²) in [5, 5.41) is 2.84. The fraction of sp³-hybridized carbons (Fsp3) is 0.300. The van der Waals surface area contributed by atoms with Crippen LogP contribution in [0.3, 0.4) is 0 Å². The molecule has 0 bridgehead atoms. The van der Waals surface area contributed by atoms with E-state index in [1.165, 1.54) is 0 Å². The second-order valence-electron chi connectivity index (χ2n) is 2.41. The lowest BCUT2D eigenvalue weighted by Gasteiger charge is -1.96. The molecule has 0 fully saturated rings. The summed E-state index contributed by atoms with van der Waals surface area (Å²) in [6.45, 7) is 5.62. The van der Waals surface area contributed by atoms with E-state index < -0.39 is 0 Å². The fourth-order valence-electron chi connectivity index (χ4n) is 0.742. The third-order valence-corrected chi connectivity index (χ3v) is 1.37. The number of rotatable bonds is 5. The van der Waals surface area contributed by atoms with Crippen LogP contribution in [-0.2, 0) is 0 Å². The van der Waals surface area contributed by atoms with Gasteiger partial charge in [-0.3, -0.25) is 0 Å². The fourth-order valence-corrected chi connectivity index (χ4v) is 0.742. The standard InChI is InChI=1S/C10H17N3/c1-4-6-9(5-2)13-10(11)7-8-12-3/h4,6-8,12H,1,5H2,2-3H3,(H2,11,13)/b8-7-,9-6+. The van der Waals surface area contributed by atoms with Crippen molar-refractivity contribution in [2.24, 2.45) is 10.7 Å². The van der Waals surface area contributed by atoms with E-state index in [4.69, 9.17) is 5.73 Å². The third kappa shape index (κ3) is 5.73. The van der Waals surface area contributed by atoms with Crippen molar-refractivity contribution in [3.05, 3.63) is 36.7 Å². The Hall–Kier alpha value is -1.51. The second kappa shape index (κ2) is 7.16. The Kier molecular flexibility index (Phi) is 6.32. The highest BCUT2D eigenvalue weighted by Crippen LogP contribution is 2.02. The topological polar surface area (TPSA) is 50.4 Å². The van der Waals surface area contributed by atoms with E-state index in [9.17, 15) is 0 Å². The number of hydrogen-bond acceptors (Lipinski definition) is 2. The molecule has 0 saturated carbocycles. The van der Waals surface area contributed by atoms with Crippen LogP contribution in [-0.4, -0.2) is 12.9 Å². The number of allylic oxidation sites excluding steroid dienone is 3. The lowest BCUT2D eigenvalue weighted by atomic mass is 10.3. The quantitative estimate of drug-likeness (QED) is 0.382. The van der Waals surface area contributed by atoms with E-state index in [0.29, 0.717) is 5.84 Å². The zero-order chi connectivity index (χ0) is 10.1. The SMILES string of the molecule is C=C/C=C(CC)/N=C(N)/C=C\NC. The van der Waals surface area contributed by atoms with Gasteiger partial charge < -0.3 is 11.1 Å². The molecule has 3 heteroatoms. The Morgan fingerprint density at radius 3 is 2.77 bits per heavy atom. The average molecular weight is 179 g/mol. The molecule has 0 aliphatic rings. The smallest absolute Gasteiger partial charge is 0.125 e. The van der Waals surface area contributed by atoms with Gasteiger partial charge in [-0.1, -0.05) is 19.6 Å². The van der Waals surface area contributed by atoms with Crippen molar-refractivity contribution in [3.8, 4) is 0 Å². The second-order valence-corrected chi connectivity index (χ2v) is 2.41. The van der Waals surface area contributed by atoms with Gasteiger partial charge in [-0.05, 0) is 24.8 Å². The minimum atomic E-state index is 0.490. The number of aliphatic imine (C=N–C) groups is 1. The van der Waals surface area contributed by atoms with Crippen LogP contribution in [0.25, 0.3) is 0 Å². The average Bonchev–Trinajstić information content (AvgIpc) is 2.14. The van der Waals surface area contributed by atoms with Crippen molar-refractivity contribution in [1.82, 2.24) is 5.32 Å². The van der Waals surface area contributed by atoms with Crippen molar-refractivity contribution in [2.45, 2.75) is 13.3 Å². The molecule has 0 heterocycles. The van der Waals surface area contributed by atoms with Crippen molar-refractivity contribution >= 4 is 5.84 Å². The first-order valence-electron chi connectivity index (χ1n) is 4.24. The predicted molar refractivity (Wildman–Crippen MR) is 58.4 cm³/mol. The molecule has 0 rings (SSSR count). The summed E-state index contributed by atoms with van der Waals surface area (Å²) in [7, 11) is 1.81. The minimum absolute atomic E-state index is 0.490. The molecule has 0 aromatic carbocycles. The number of hydrogen-bond donors (Lipinski definition) is 2. The van der Waals surface area contributed by atoms with Gasteiger partial charge in [0.05, 0.1) is 0 Å². The number of amidine groups is 1. The van der Waals surface area contributed by atoms with Gasteiger partial charge in [0, 0.05) is 12.7 Å². The maximum absolute atomic E-state index is 5.61. The molecule has 0 amide bonds. The van der Waals surface area contributed by atoms with Gasteiger partial charge in [0.2, 0.25) is 0 Å². The van der Waals surface area contributed by atoms with Crippen molar-refractivity contribution < 1.29 is 0 Å². The highest BCUT2D eigenvalue weighted by atomic mass is 14.9. The number of nitrogens with zero attached hydrogens (tertiary/aromatic N) is 1. The summed E-state index contributed by atoms with van der Waals surface area (Å²) >= 11 is 0. The number of nitrogens with one attached hydrogen (secondary N) is 1. The number of nitrogens with two attached hydrogens (primary N) is 1. The lowest BCUT2D eigenvalue weighted by Crippen LogP contribution is -2.09. The van der Waals surface area contributed by atoms with E-state index in [1.54, 1.807) is 18.4 Å². The maximum Gasteiger partial charge on any atom is 0.125 e. The summed E-state index contributed by atoms with van der Waals surface area (Å²) in [6.07, 6.45) is 7.85. The van der Waals surface area contributed by atoms with Crippen molar-refractivity contribution in [3.63, 3.8) is 0 Å². The van der Waals surface area contributed by atoms with Gasteiger partial charge in [-0.25, -0.2) is 4.99 Å². The van der Waals surface area contributed by atoms with Crippen LogP contribution in [0.4, 0.5) is 0 Å². The monoisotopic (exact) mass is 179 g/mol. The van der Waals surface area contributed by atoms with Crippen molar-refractivity contribution in [2.75, 3.05) is 7.05 Å². The molecule has 3 N–H and O–H groups in total. The van der Waals surface area contributed by atoms with Gasteiger partial charge >= 0.3 is 0 Å².